The number of carbonyl (C=O) groups excluding carboxylic acids is 1. The van der Waals surface area contributed by atoms with Crippen LogP contribution in [-0.4, -0.2) is 52.7 Å². The highest BCUT2D eigenvalue weighted by Gasteiger charge is 2.37. The third-order valence-electron chi connectivity index (χ3n) is 5.29. The van der Waals surface area contributed by atoms with Crippen LogP contribution in [0.1, 0.15) is 49.6 Å². The maximum Gasteiger partial charge on any atom is 0.275 e. The second-order valence-electron chi connectivity index (χ2n) is 7.41. The molecule has 1 aromatic carbocycles. The van der Waals surface area contributed by atoms with Gasteiger partial charge in [-0.3, -0.25) is 9.59 Å². The first-order valence-electron chi connectivity index (χ1n) is 9.63. The fourth-order valence-electron chi connectivity index (χ4n) is 3.94. The number of fused-ring (bicyclic) bond motifs is 1. The maximum absolute atomic E-state index is 13.5. The van der Waals surface area contributed by atoms with E-state index in [-0.39, 0.29) is 29.8 Å². The zero-order valence-electron chi connectivity index (χ0n) is 15.8. The number of ether oxygens (including phenoxy) is 2. The van der Waals surface area contributed by atoms with Gasteiger partial charge in [-0.05, 0) is 39.2 Å². The molecular formula is C20H25N3O4. The molecule has 0 spiro atoms. The number of aromatic nitrogens is 2. The lowest BCUT2D eigenvalue weighted by atomic mass is 10.00. The third kappa shape index (κ3) is 3.26. The standard InChI is InChI=1S/C20H25N3O4/c1-13(2)23-18(24)15-8-4-3-7-14(15)17(21-23)19(25)22-10-6-5-9-16(22)20-26-11-12-27-20/h3-4,7-8,13,16,20H,5-6,9-12H2,1-2H3. The number of hydrogen-bond acceptors (Lipinski definition) is 5. The van der Waals surface area contributed by atoms with E-state index in [0.29, 0.717) is 36.2 Å². The lowest BCUT2D eigenvalue weighted by Gasteiger charge is -2.37. The van der Waals surface area contributed by atoms with Crippen LogP contribution in [0.15, 0.2) is 29.1 Å². The van der Waals surface area contributed by atoms with Gasteiger partial charge in [0, 0.05) is 11.9 Å². The lowest BCUT2D eigenvalue weighted by Crippen LogP contribution is -2.50. The minimum atomic E-state index is -0.378. The predicted molar refractivity (Wildman–Crippen MR) is 101 cm³/mol. The van der Waals surface area contributed by atoms with Gasteiger partial charge in [0.25, 0.3) is 11.5 Å². The quantitative estimate of drug-likeness (QED) is 0.828. The van der Waals surface area contributed by atoms with Crippen LogP contribution in [0.3, 0.4) is 0 Å². The van der Waals surface area contributed by atoms with Crippen molar-refractivity contribution in [2.75, 3.05) is 19.8 Å². The minimum Gasteiger partial charge on any atom is -0.348 e. The van der Waals surface area contributed by atoms with E-state index in [1.165, 1.54) is 4.68 Å². The number of hydrogen-bond donors (Lipinski definition) is 0. The Hall–Kier alpha value is -2.25. The Balaban J connectivity index is 1.79. The number of likely N-dealkylation sites (tertiary alicyclic amines) is 1. The molecule has 7 heteroatoms. The summed E-state index contributed by atoms with van der Waals surface area (Å²) < 4.78 is 12.8. The van der Waals surface area contributed by atoms with Crippen molar-refractivity contribution in [3.05, 3.63) is 40.3 Å². The molecule has 2 aliphatic rings. The van der Waals surface area contributed by atoms with Crippen LogP contribution < -0.4 is 5.56 Å². The molecule has 144 valence electrons. The van der Waals surface area contributed by atoms with Crippen molar-refractivity contribution in [1.29, 1.82) is 0 Å². The topological polar surface area (TPSA) is 73.7 Å². The Morgan fingerprint density at radius 2 is 1.85 bits per heavy atom. The Morgan fingerprint density at radius 3 is 2.56 bits per heavy atom. The Bertz CT molecular complexity index is 902. The first-order valence-corrected chi connectivity index (χ1v) is 9.63. The molecule has 0 aliphatic carbocycles. The Morgan fingerprint density at radius 1 is 1.15 bits per heavy atom. The van der Waals surface area contributed by atoms with Crippen molar-refractivity contribution in [3.63, 3.8) is 0 Å². The van der Waals surface area contributed by atoms with Crippen LogP contribution in [0.25, 0.3) is 10.8 Å². The van der Waals surface area contributed by atoms with E-state index in [0.717, 1.165) is 19.3 Å². The summed E-state index contributed by atoms with van der Waals surface area (Å²) in [6, 6.07) is 6.94. The zero-order chi connectivity index (χ0) is 19.0. The van der Waals surface area contributed by atoms with Crippen molar-refractivity contribution >= 4 is 16.7 Å². The molecule has 0 N–H and O–H groups in total. The molecule has 1 aromatic heterocycles. The highest BCUT2D eigenvalue weighted by Crippen LogP contribution is 2.27. The van der Waals surface area contributed by atoms with Gasteiger partial charge < -0.3 is 14.4 Å². The van der Waals surface area contributed by atoms with Gasteiger partial charge in [-0.15, -0.1) is 0 Å². The molecule has 1 unspecified atom stereocenters. The summed E-state index contributed by atoms with van der Waals surface area (Å²) in [5, 5.41) is 5.59. The molecule has 27 heavy (non-hydrogen) atoms. The van der Waals surface area contributed by atoms with E-state index < -0.39 is 0 Å². The fraction of sp³-hybridized carbons (Fsp3) is 0.550. The summed E-state index contributed by atoms with van der Waals surface area (Å²) >= 11 is 0. The Labute approximate surface area is 157 Å². The smallest absolute Gasteiger partial charge is 0.275 e. The first-order chi connectivity index (χ1) is 13.1. The summed E-state index contributed by atoms with van der Waals surface area (Å²) in [5.74, 6) is -0.163. The average Bonchev–Trinajstić information content (AvgIpc) is 3.22. The molecule has 2 aromatic rings. The van der Waals surface area contributed by atoms with Gasteiger partial charge >= 0.3 is 0 Å². The van der Waals surface area contributed by atoms with Crippen molar-refractivity contribution in [2.24, 2.45) is 0 Å². The summed E-state index contributed by atoms with van der Waals surface area (Å²) in [6.45, 7) is 5.54. The van der Waals surface area contributed by atoms with Crippen LogP contribution in [0.4, 0.5) is 0 Å². The number of nitrogens with zero attached hydrogens (tertiary/aromatic N) is 3. The number of benzene rings is 1. The van der Waals surface area contributed by atoms with Gasteiger partial charge in [0.1, 0.15) is 0 Å². The predicted octanol–water partition coefficient (Wildman–Crippen LogP) is 2.35. The molecule has 0 bridgehead atoms. The molecule has 1 atom stereocenters. The Kier molecular flexibility index (Phi) is 4.97. The normalized spacial score (nSPS) is 21.3. The molecular weight excluding hydrogens is 346 g/mol. The molecule has 2 fully saturated rings. The van der Waals surface area contributed by atoms with Gasteiger partial charge in [0.2, 0.25) is 0 Å². The summed E-state index contributed by atoms with van der Waals surface area (Å²) in [7, 11) is 0. The van der Waals surface area contributed by atoms with Crippen molar-refractivity contribution < 1.29 is 14.3 Å². The minimum absolute atomic E-state index is 0.117. The van der Waals surface area contributed by atoms with Crippen molar-refractivity contribution in [3.8, 4) is 0 Å². The van der Waals surface area contributed by atoms with Crippen LogP contribution in [0.5, 0.6) is 0 Å². The molecule has 2 saturated heterocycles. The van der Waals surface area contributed by atoms with Crippen molar-refractivity contribution in [2.45, 2.75) is 51.5 Å². The maximum atomic E-state index is 13.5. The SMILES string of the molecule is CC(C)n1nc(C(=O)N2CCCCC2C2OCCO2)c2ccccc2c1=O. The van der Waals surface area contributed by atoms with E-state index in [2.05, 4.69) is 5.10 Å². The molecule has 1 amide bonds. The largest absolute Gasteiger partial charge is 0.348 e. The summed E-state index contributed by atoms with van der Waals surface area (Å²) in [6.07, 6.45) is 2.45. The van der Waals surface area contributed by atoms with E-state index in [4.69, 9.17) is 9.47 Å². The number of amides is 1. The molecule has 0 saturated carbocycles. The first kappa shape index (κ1) is 18.1. The second kappa shape index (κ2) is 7.40. The second-order valence-corrected chi connectivity index (χ2v) is 7.41. The number of carbonyl (C=O) groups is 1. The fourth-order valence-corrected chi connectivity index (χ4v) is 3.94. The van der Waals surface area contributed by atoms with Crippen LogP contribution in [0.2, 0.25) is 0 Å². The van der Waals surface area contributed by atoms with Gasteiger partial charge in [-0.1, -0.05) is 18.2 Å². The lowest BCUT2D eigenvalue weighted by molar-refractivity contribution is -0.100. The number of rotatable bonds is 3. The van der Waals surface area contributed by atoms with Crippen LogP contribution in [-0.2, 0) is 9.47 Å². The molecule has 4 rings (SSSR count). The molecule has 3 heterocycles. The monoisotopic (exact) mass is 371 g/mol. The molecule has 0 radical (unpaired) electrons. The summed E-state index contributed by atoms with van der Waals surface area (Å²) in [4.78, 5) is 28.1. The van der Waals surface area contributed by atoms with Crippen molar-refractivity contribution in [1.82, 2.24) is 14.7 Å². The van der Waals surface area contributed by atoms with Gasteiger partial charge in [-0.2, -0.15) is 5.10 Å². The highest BCUT2D eigenvalue weighted by molar-refractivity contribution is 6.04. The van der Waals surface area contributed by atoms with Gasteiger partial charge in [-0.25, -0.2) is 4.68 Å². The van der Waals surface area contributed by atoms with Gasteiger partial charge in [0.15, 0.2) is 12.0 Å². The summed E-state index contributed by atoms with van der Waals surface area (Å²) in [5.41, 5.74) is 0.151. The third-order valence-corrected chi connectivity index (χ3v) is 5.29. The molecule has 7 nitrogen and oxygen atoms in total. The zero-order valence-corrected chi connectivity index (χ0v) is 15.8. The number of piperidine rings is 1. The van der Waals surface area contributed by atoms with Crippen LogP contribution in [0, 0.1) is 0 Å². The van der Waals surface area contributed by atoms with E-state index in [1.807, 2.05) is 30.9 Å². The molecule has 2 aliphatic heterocycles. The van der Waals surface area contributed by atoms with E-state index >= 15 is 0 Å². The van der Waals surface area contributed by atoms with Crippen LogP contribution >= 0.6 is 0 Å². The highest BCUT2D eigenvalue weighted by atomic mass is 16.7. The van der Waals surface area contributed by atoms with E-state index in [1.54, 1.807) is 12.1 Å². The average molecular weight is 371 g/mol. The van der Waals surface area contributed by atoms with Gasteiger partial charge in [0.05, 0.1) is 30.7 Å². The van der Waals surface area contributed by atoms with E-state index in [9.17, 15) is 9.59 Å².